The van der Waals surface area contributed by atoms with Gasteiger partial charge in [0.25, 0.3) is 5.91 Å². The van der Waals surface area contributed by atoms with E-state index < -0.39 is 0 Å². The maximum Gasteiger partial charge on any atom is 0.258 e. The quantitative estimate of drug-likeness (QED) is 0.838. The maximum atomic E-state index is 12.8. The first kappa shape index (κ1) is 18.3. The molecule has 6 nitrogen and oxygen atoms in total. The number of hydrogen-bond acceptors (Lipinski definition) is 4. The Bertz CT molecular complexity index is 749. The summed E-state index contributed by atoms with van der Waals surface area (Å²) in [6.45, 7) is 1.50. The Balaban J connectivity index is 2.26. The van der Waals surface area contributed by atoms with E-state index >= 15 is 0 Å². The van der Waals surface area contributed by atoms with Crippen molar-refractivity contribution in [1.29, 1.82) is 0 Å². The van der Waals surface area contributed by atoms with E-state index in [1.807, 2.05) is 0 Å². The molecule has 0 saturated heterocycles. The normalized spacial score (nSPS) is 10.1. The summed E-state index contributed by atoms with van der Waals surface area (Å²) in [4.78, 5) is 27.2. The number of amides is 2. The van der Waals surface area contributed by atoms with Gasteiger partial charge in [-0.3, -0.25) is 9.59 Å². The molecule has 0 N–H and O–H groups in total. The summed E-state index contributed by atoms with van der Waals surface area (Å²) in [6, 6.07) is 12.2. The van der Waals surface area contributed by atoms with Crippen LogP contribution in [0.2, 0.25) is 0 Å². The van der Waals surface area contributed by atoms with Crippen LogP contribution in [0.15, 0.2) is 42.5 Å². The number of carbonyl (C=O) groups is 2. The summed E-state index contributed by atoms with van der Waals surface area (Å²) in [7, 11) is 6.47. The molecule has 0 fully saturated rings. The fraction of sp³-hybridized carbons (Fsp3) is 0.263. The van der Waals surface area contributed by atoms with E-state index in [1.54, 1.807) is 61.5 Å². The molecule has 0 spiro atoms. The van der Waals surface area contributed by atoms with Gasteiger partial charge in [0.05, 0.1) is 14.2 Å². The SMILES string of the molecule is COc1cc(OC)cc(C(=O)N(C)c2ccc(N(C)C(C)=O)cc2)c1. The third-order valence-corrected chi connectivity index (χ3v) is 4.00. The van der Waals surface area contributed by atoms with E-state index in [2.05, 4.69) is 0 Å². The number of nitrogens with zero attached hydrogens (tertiary/aromatic N) is 2. The molecule has 0 aliphatic heterocycles. The molecular formula is C19H22N2O4. The van der Waals surface area contributed by atoms with Crippen molar-refractivity contribution in [1.82, 2.24) is 0 Å². The van der Waals surface area contributed by atoms with Gasteiger partial charge in [0.1, 0.15) is 11.5 Å². The fourth-order valence-corrected chi connectivity index (χ4v) is 2.32. The topological polar surface area (TPSA) is 59.1 Å². The highest BCUT2D eigenvalue weighted by Crippen LogP contribution is 2.25. The lowest BCUT2D eigenvalue weighted by atomic mass is 10.1. The first-order chi connectivity index (χ1) is 11.9. The second-order valence-electron chi connectivity index (χ2n) is 5.56. The van der Waals surface area contributed by atoms with Crippen LogP contribution in [0.4, 0.5) is 11.4 Å². The van der Waals surface area contributed by atoms with E-state index in [4.69, 9.17) is 9.47 Å². The monoisotopic (exact) mass is 342 g/mol. The highest BCUT2D eigenvalue weighted by molar-refractivity contribution is 6.06. The molecule has 0 aromatic heterocycles. The highest BCUT2D eigenvalue weighted by Gasteiger charge is 2.16. The summed E-state index contributed by atoms with van der Waals surface area (Å²) in [6.07, 6.45) is 0. The highest BCUT2D eigenvalue weighted by atomic mass is 16.5. The van der Waals surface area contributed by atoms with Crippen LogP contribution in [-0.4, -0.2) is 40.1 Å². The van der Waals surface area contributed by atoms with Crippen LogP contribution in [0.1, 0.15) is 17.3 Å². The second-order valence-corrected chi connectivity index (χ2v) is 5.56. The summed E-state index contributed by atoms with van der Waals surface area (Å²) in [5.74, 6) is 0.856. The standard InChI is InChI=1S/C19H22N2O4/c1-13(22)20(2)15-6-8-16(9-7-15)21(3)19(23)14-10-17(24-4)12-18(11-14)25-5/h6-12H,1-5H3. The zero-order valence-electron chi connectivity index (χ0n) is 15.1. The van der Waals surface area contributed by atoms with Crippen molar-refractivity contribution in [3.63, 3.8) is 0 Å². The molecule has 2 aromatic rings. The zero-order valence-corrected chi connectivity index (χ0v) is 15.1. The molecule has 0 heterocycles. The van der Waals surface area contributed by atoms with Crippen molar-refractivity contribution in [2.75, 3.05) is 38.1 Å². The van der Waals surface area contributed by atoms with Crippen molar-refractivity contribution in [2.45, 2.75) is 6.92 Å². The summed E-state index contributed by atoms with van der Waals surface area (Å²) in [5.41, 5.74) is 1.94. The first-order valence-corrected chi connectivity index (χ1v) is 7.73. The van der Waals surface area contributed by atoms with Crippen molar-refractivity contribution in [3.05, 3.63) is 48.0 Å². The van der Waals surface area contributed by atoms with Gasteiger partial charge in [0, 0.05) is 44.0 Å². The van der Waals surface area contributed by atoms with Gasteiger partial charge in [-0.05, 0) is 36.4 Å². The van der Waals surface area contributed by atoms with Gasteiger partial charge in [0.2, 0.25) is 5.91 Å². The molecule has 6 heteroatoms. The third-order valence-electron chi connectivity index (χ3n) is 4.00. The van der Waals surface area contributed by atoms with Gasteiger partial charge in [0.15, 0.2) is 0 Å². The largest absolute Gasteiger partial charge is 0.497 e. The average Bonchev–Trinajstić information content (AvgIpc) is 2.65. The molecule has 0 aliphatic carbocycles. The van der Waals surface area contributed by atoms with E-state index in [1.165, 1.54) is 26.0 Å². The van der Waals surface area contributed by atoms with Crippen LogP contribution in [0, 0.1) is 0 Å². The maximum absolute atomic E-state index is 12.8. The van der Waals surface area contributed by atoms with Crippen LogP contribution in [0.3, 0.4) is 0 Å². The fourth-order valence-electron chi connectivity index (χ4n) is 2.32. The Morgan fingerprint density at radius 1 is 0.800 bits per heavy atom. The van der Waals surface area contributed by atoms with Crippen LogP contribution >= 0.6 is 0 Å². The third kappa shape index (κ3) is 4.09. The smallest absolute Gasteiger partial charge is 0.258 e. The molecule has 132 valence electrons. The van der Waals surface area contributed by atoms with Gasteiger partial charge < -0.3 is 19.3 Å². The molecule has 2 amide bonds. The van der Waals surface area contributed by atoms with Crippen molar-refractivity contribution >= 4 is 23.2 Å². The second kappa shape index (κ2) is 7.70. The van der Waals surface area contributed by atoms with Crippen molar-refractivity contribution < 1.29 is 19.1 Å². The zero-order chi connectivity index (χ0) is 18.6. The molecule has 0 aliphatic rings. The Labute approximate surface area is 147 Å². The predicted molar refractivity (Wildman–Crippen MR) is 97.8 cm³/mol. The van der Waals surface area contributed by atoms with Crippen LogP contribution in [-0.2, 0) is 4.79 Å². The Hall–Kier alpha value is -3.02. The molecule has 2 aromatic carbocycles. The van der Waals surface area contributed by atoms with E-state index in [9.17, 15) is 9.59 Å². The van der Waals surface area contributed by atoms with Crippen molar-refractivity contribution in [2.24, 2.45) is 0 Å². The lowest BCUT2D eigenvalue weighted by Gasteiger charge is -2.20. The molecule has 2 rings (SSSR count). The van der Waals surface area contributed by atoms with Crippen LogP contribution in [0.25, 0.3) is 0 Å². The first-order valence-electron chi connectivity index (χ1n) is 7.73. The number of methoxy groups -OCH3 is 2. The van der Waals surface area contributed by atoms with Gasteiger partial charge in [-0.15, -0.1) is 0 Å². The number of anilines is 2. The van der Waals surface area contributed by atoms with Crippen LogP contribution in [0.5, 0.6) is 11.5 Å². The minimum Gasteiger partial charge on any atom is -0.497 e. The summed E-state index contributed by atoms with van der Waals surface area (Å²) >= 11 is 0. The lowest BCUT2D eigenvalue weighted by Crippen LogP contribution is -2.26. The summed E-state index contributed by atoms with van der Waals surface area (Å²) in [5, 5.41) is 0. The number of carbonyl (C=O) groups excluding carboxylic acids is 2. The average molecular weight is 342 g/mol. The molecular weight excluding hydrogens is 320 g/mol. The minimum absolute atomic E-state index is 0.0549. The lowest BCUT2D eigenvalue weighted by molar-refractivity contribution is -0.116. The Morgan fingerprint density at radius 3 is 1.64 bits per heavy atom. The van der Waals surface area contributed by atoms with Gasteiger partial charge >= 0.3 is 0 Å². The van der Waals surface area contributed by atoms with Gasteiger partial charge in [-0.1, -0.05) is 0 Å². The molecule has 25 heavy (non-hydrogen) atoms. The molecule has 0 unspecified atom stereocenters. The Kier molecular flexibility index (Phi) is 5.64. The molecule has 0 bridgehead atoms. The number of rotatable bonds is 5. The van der Waals surface area contributed by atoms with Gasteiger partial charge in [-0.25, -0.2) is 0 Å². The molecule has 0 atom stereocenters. The van der Waals surface area contributed by atoms with E-state index in [0.717, 1.165) is 5.69 Å². The number of hydrogen-bond donors (Lipinski definition) is 0. The number of benzene rings is 2. The van der Waals surface area contributed by atoms with E-state index in [-0.39, 0.29) is 11.8 Å². The van der Waals surface area contributed by atoms with E-state index in [0.29, 0.717) is 22.7 Å². The summed E-state index contributed by atoms with van der Waals surface area (Å²) < 4.78 is 10.4. The van der Waals surface area contributed by atoms with Crippen LogP contribution < -0.4 is 19.3 Å². The predicted octanol–water partition coefficient (Wildman–Crippen LogP) is 2.96. The van der Waals surface area contributed by atoms with Gasteiger partial charge in [-0.2, -0.15) is 0 Å². The number of ether oxygens (including phenoxy) is 2. The molecule has 0 saturated carbocycles. The molecule has 0 radical (unpaired) electrons. The Morgan fingerprint density at radius 2 is 1.24 bits per heavy atom. The minimum atomic E-state index is -0.190. The van der Waals surface area contributed by atoms with Crippen molar-refractivity contribution in [3.8, 4) is 11.5 Å².